The zero-order chi connectivity index (χ0) is 14.9. The molecule has 0 unspecified atom stereocenters. The summed E-state index contributed by atoms with van der Waals surface area (Å²) in [7, 11) is 1.65. The third-order valence-corrected chi connectivity index (χ3v) is 2.51. The molecule has 104 valence electrons. The van der Waals surface area contributed by atoms with Crippen LogP contribution in [0.5, 0.6) is 0 Å². The molecule has 0 radical (unpaired) electrons. The number of nitrogen functional groups attached to an aromatic ring is 1. The highest BCUT2D eigenvalue weighted by molar-refractivity contribution is 6.07. The second kappa shape index (κ2) is 4.96. The number of nitrogens with two attached hydrogens (primary N) is 1. The van der Waals surface area contributed by atoms with Crippen LogP contribution in [0.2, 0.25) is 0 Å². The molecule has 1 amide bonds. The van der Waals surface area contributed by atoms with Crippen LogP contribution in [0.1, 0.15) is 10.4 Å². The summed E-state index contributed by atoms with van der Waals surface area (Å²) in [4.78, 5) is 22.0. The molecule has 9 heteroatoms. The summed E-state index contributed by atoms with van der Waals surface area (Å²) in [6.45, 7) is 0. The molecule has 1 aromatic carbocycles. The average molecular weight is 279 g/mol. The lowest BCUT2D eigenvalue weighted by atomic mass is 10.1. The van der Waals surface area contributed by atoms with E-state index in [2.05, 4.69) is 10.4 Å². The van der Waals surface area contributed by atoms with Crippen molar-refractivity contribution < 1.29 is 14.1 Å². The number of hydrogen-bond donors (Lipinski definition) is 2. The maximum atomic E-state index is 13.2. The Labute approximate surface area is 112 Å². The van der Waals surface area contributed by atoms with Crippen molar-refractivity contribution in [2.75, 3.05) is 11.1 Å². The topological polar surface area (TPSA) is 116 Å². The SMILES string of the molecule is Cn1ccc(NC(=O)c2cc(N)c(F)cc2[N+](=O)[O-])n1. The summed E-state index contributed by atoms with van der Waals surface area (Å²) in [6, 6.07) is 3.05. The van der Waals surface area contributed by atoms with Crippen LogP contribution in [-0.4, -0.2) is 20.6 Å². The first kappa shape index (κ1) is 13.5. The Balaban J connectivity index is 2.38. The van der Waals surface area contributed by atoms with E-state index in [1.807, 2.05) is 0 Å². The molecule has 0 bridgehead atoms. The van der Waals surface area contributed by atoms with Crippen molar-refractivity contribution in [3.8, 4) is 0 Å². The number of aryl methyl sites for hydroxylation is 1. The predicted molar refractivity (Wildman–Crippen MR) is 68.6 cm³/mol. The number of carbonyl (C=O) groups excluding carboxylic acids is 1. The van der Waals surface area contributed by atoms with Crippen LogP contribution in [0.15, 0.2) is 24.4 Å². The number of nitro groups is 1. The second-order valence-corrected chi connectivity index (χ2v) is 3.98. The van der Waals surface area contributed by atoms with Crippen LogP contribution >= 0.6 is 0 Å². The third-order valence-electron chi connectivity index (χ3n) is 2.51. The zero-order valence-corrected chi connectivity index (χ0v) is 10.3. The summed E-state index contributed by atoms with van der Waals surface area (Å²) in [6.07, 6.45) is 1.59. The van der Waals surface area contributed by atoms with Crippen molar-refractivity contribution in [1.82, 2.24) is 9.78 Å². The van der Waals surface area contributed by atoms with E-state index < -0.39 is 22.3 Å². The number of amides is 1. The van der Waals surface area contributed by atoms with Gasteiger partial charge in [-0.2, -0.15) is 5.10 Å². The quantitative estimate of drug-likeness (QED) is 0.499. The van der Waals surface area contributed by atoms with Crippen LogP contribution in [0, 0.1) is 15.9 Å². The minimum atomic E-state index is -0.953. The molecule has 0 aliphatic heterocycles. The van der Waals surface area contributed by atoms with Gasteiger partial charge in [-0.15, -0.1) is 0 Å². The van der Waals surface area contributed by atoms with E-state index in [0.717, 1.165) is 6.07 Å². The maximum Gasteiger partial charge on any atom is 0.285 e. The van der Waals surface area contributed by atoms with Gasteiger partial charge in [0, 0.05) is 19.3 Å². The molecule has 0 saturated heterocycles. The summed E-state index contributed by atoms with van der Waals surface area (Å²) < 4.78 is 14.7. The normalized spacial score (nSPS) is 10.3. The fourth-order valence-corrected chi connectivity index (χ4v) is 1.58. The van der Waals surface area contributed by atoms with Gasteiger partial charge in [0.05, 0.1) is 16.7 Å². The fourth-order valence-electron chi connectivity index (χ4n) is 1.58. The van der Waals surface area contributed by atoms with Gasteiger partial charge in [-0.1, -0.05) is 0 Å². The van der Waals surface area contributed by atoms with Crippen molar-refractivity contribution in [1.29, 1.82) is 0 Å². The van der Waals surface area contributed by atoms with Crippen molar-refractivity contribution in [2.24, 2.45) is 7.05 Å². The lowest BCUT2D eigenvalue weighted by Gasteiger charge is -2.05. The molecule has 20 heavy (non-hydrogen) atoms. The van der Waals surface area contributed by atoms with Gasteiger partial charge in [-0.05, 0) is 6.07 Å². The van der Waals surface area contributed by atoms with Crippen molar-refractivity contribution in [2.45, 2.75) is 0 Å². The lowest BCUT2D eigenvalue weighted by molar-refractivity contribution is -0.385. The minimum absolute atomic E-state index is 0.217. The molecule has 0 spiro atoms. The minimum Gasteiger partial charge on any atom is -0.396 e. The standard InChI is InChI=1S/C11H10FN5O3/c1-16-3-2-10(15-16)14-11(18)6-4-8(13)7(12)5-9(6)17(19)20/h2-5H,13H2,1H3,(H,14,15,18). The first-order chi connectivity index (χ1) is 9.38. The van der Waals surface area contributed by atoms with E-state index in [9.17, 15) is 19.3 Å². The van der Waals surface area contributed by atoms with E-state index in [-0.39, 0.29) is 17.1 Å². The molecular formula is C11H10FN5O3. The molecule has 2 aromatic rings. The molecular weight excluding hydrogens is 269 g/mol. The number of nitrogens with one attached hydrogen (secondary N) is 1. The van der Waals surface area contributed by atoms with Crippen molar-refractivity contribution in [3.05, 3.63) is 45.9 Å². The van der Waals surface area contributed by atoms with E-state index in [1.165, 1.54) is 10.7 Å². The highest BCUT2D eigenvalue weighted by Gasteiger charge is 2.23. The molecule has 8 nitrogen and oxygen atoms in total. The smallest absolute Gasteiger partial charge is 0.285 e. The van der Waals surface area contributed by atoms with E-state index >= 15 is 0 Å². The fraction of sp³-hybridized carbons (Fsp3) is 0.0909. The number of aromatic nitrogens is 2. The molecule has 0 fully saturated rings. The number of benzene rings is 1. The monoisotopic (exact) mass is 279 g/mol. The first-order valence-electron chi connectivity index (χ1n) is 5.43. The van der Waals surface area contributed by atoms with Crippen LogP contribution in [0.3, 0.4) is 0 Å². The Hall–Kier alpha value is -2.97. The van der Waals surface area contributed by atoms with Gasteiger partial charge in [-0.3, -0.25) is 19.6 Å². The van der Waals surface area contributed by atoms with Crippen LogP contribution in [-0.2, 0) is 7.05 Å². The molecule has 0 aliphatic carbocycles. The van der Waals surface area contributed by atoms with E-state index in [0.29, 0.717) is 6.07 Å². The van der Waals surface area contributed by atoms with E-state index in [1.54, 1.807) is 13.2 Å². The van der Waals surface area contributed by atoms with E-state index in [4.69, 9.17) is 5.73 Å². The number of hydrogen-bond acceptors (Lipinski definition) is 5. The molecule has 2 rings (SSSR count). The second-order valence-electron chi connectivity index (χ2n) is 3.98. The van der Waals surface area contributed by atoms with Gasteiger partial charge < -0.3 is 11.1 Å². The van der Waals surface area contributed by atoms with Gasteiger partial charge in [-0.25, -0.2) is 4.39 Å². The van der Waals surface area contributed by atoms with Gasteiger partial charge in [0.2, 0.25) is 0 Å². The largest absolute Gasteiger partial charge is 0.396 e. The molecule has 0 saturated carbocycles. The molecule has 0 atom stereocenters. The number of carbonyl (C=O) groups is 1. The molecule has 1 aromatic heterocycles. The number of nitro benzene ring substituents is 1. The highest BCUT2D eigenvalue weighted by atomic mass is 19.1. The molecule has 1 heterocycles. The van der Waals surface area contributed by atoms with Crippen LogP contribution in [0.25, 0.3) is 0 Å². The number of halogens is 1. The predicted octanol–water partition coefficient (Wildman–Crippen LogP) is 1.30. The maximum absolute atomic E-state index is 13.2. The van der Waals surface area contributed by atoms with Crippen LogP contribution < -0.4 is 11.1 Å². The Bertz CT molecular complexity index is 697. The Kier molecular flexibility index (Phi) is 3.34. The summed E-state index contributed by atoms with van der Waals surface area (Å²) in [5, 5.41) is 17.1. The zero-order valence-electron chi connectivity index (χ0n) is 10.3. The number of rotatable bonds is 3. The van der Waals surface area contributed by atoms with Gasteiger partial charge in [0.25, 0.3) is 11.6 Å². The average Bonchev–Trinajstić information content (AvgIpc) is 2.77. The van der Waals surface area contributed by atoms with Crippen molar-refractivity contribution >= 4 is 23.1 Å². The van der Waals surface area contributed by atoms with Crippen molar-refractivity contribution in [3.63, 3.8) is 0 Å². The Morgan fingerprint density at radius 1 is 1.55 bits per heavy atom. The highest BCUT2D eigenvalue weighted by Crippen LogP contribution is 2.25. The van der Waals surface area contributed by atoms with Gasteiger partial charge in [0.15, 0.2) is 11.6 Å². The summed E-state index contributed by atoms with van der Waals surface area (Å²) in [5.74, 6) is -1.53. The van der Waals surface area contributed by atoms with Crippen LogP contribution in [0.4, 0.5) is 21.6 Å². The lowest BCUT2D eigenvalue weighted by Crippen LogP contribution is -2.15. The first-order valence-corrected chi connectivity index (χ1v) is 5.43. The van der Waals surface area contributed by atoms with Gasteiger partial charge >= 0.3 is 0 Å². The Morgan fingerprint density at radius 3 is 2.80 bits per heavy atom. The Morgan fingerprint density at radius 2 is 2.25 bits per heavy atom. The summed E-state index contributed by atoms with van der Waals surface area (Å²) in [5.41, 5.74) is 3.99. The van der Waals surface area contributed by atoms with Gasteiger partial charge in [0.1, 0.15) is 5.56 Å². The molecule has 0 aliphatic rings. The number of nitrogens with zero attached hydrogens (tertiary/aromatic N) is 3. The number of anilines is 2. The molecule has 3 N–H and O–H groups in total. The summed E-state index contributed by atoms with van der Waals surface area (Å²) >= 11 is 0. The third kappa shape index (κ3) is 2.55.